The van der Waals surface area contributed by atoms with Gasteiger partial charge in [-0.1, -0.05) is 19.1 Å². The van der Waals surface area contributed by atoms with Crippen molar-refractivity contribution in [3.05, 3.63) is 12.2 Å². The van der Waals surface area contributed by atoms with Crippen LogP contribution in [0.25, 0.3) is 0 Å². The maximum atomic E-state index is 12.1. The molecule has 6 heteroatoms. The molecule has 0 aromatic rings. The molecule has 0 radical (unpaired) electrons. The zero-order chi connectivity index (χ0) is 17.7. The quantitative estimate of drug-likeness (QED) is 0.473. The Morgan fingerprint density at radius 2 is 1.96 bits per heavy atom. The number of nitrogens with two attached hydrogens (primary N) is 1. The molecule has 1 saturated heterocycles. The van der Waals surface area contributed by atoms with Gasteiger partial charge in [0, 0.05) is 26.2 Å². The summed E-state index contributed by atoms with van der Waals surface area (Å²) in [7, 11) is 0. The zero-order valence-electron chi connectivity index (χ0n) is 15.2. The molecule has 6 nitrogen and oxygen atoms in total. The van der Waals surface area contributed by atoms with Crippen molar-refractivity contribution in [1.29, 1.82) is 0 Å². The molecule has 1 fully saturated rings. The number of carbonyl (C=O) groups is 1. The summed E-state index contributed by atoms with van der Waals surface area (Å²) in [4.78, 5) is 18.3. The number of ether oxygens (including phenoxy) is 1. The second-order valence-electron chi connectivity index (χ2n) is 7.79. The van der Waals surface area contributed by atoms with Crippen LogP contribution in [0.1, 0.15) is 47.5 Å². The smallest absolute Gasteiger partial charge is 0.410 e. The van der Waals surface area contributed by atoms with Crippen LogP contribution in [0, 0.1) is 5.41 Å². The summed E-state index contributed by atoms with van der Waals surface area (Å²) < 4.78 is 5.42. The average Bonchev–Trinajstić information content (AvgIpc) is 2.42. The molecule has 23 heavy (non-hydrogen) atoms. The van der Waals surface area contributed by atoms with E-state index in [2.05, 4.69) is 23.8 Å². The van der Waals surface area contributed by atoms with Crippen LogP contribution in [-0.4, -0.2) is 48.7 Å². The van der Waals surface area contributed by atoms with Gasteiger partial charge >= 0.3 is 6.09 Å². The molecule has 1 aliphatic heterocycles. The number of hydrogen-bond donors (Lipinski definition) is 2. The lowest BCUT2D eigenvalue weighted by atomic mass is 9.80. The Morgan fingerprint density at radius 1 is 1.39 bits per heavy atom. The Balaban J connectivity index is 2.45. The molecule has 0 spiro atoms. The normalized spacial score (nSPS) is 18.5. The van der Waals surface area contributed by atoms with E-state index in [0.29, 0.717) is 32.1 Å². The van der Waals surface area contributed by atoms with Crippen molar-refractivity contribution >= 4 is 12.1 Å². The number of amides is 1. The fourth-order valence-corrected chi connectivity index (χ4v) is 2.29. The number of likely N-dealkylation sites (tertiary alicyclic amines) is 1. The van der Waals surface area contributed by atoms with Crippen molar-refractivity contribution in [2.45, 2.75) is 53.1 Å². The molecule has 0 aliphatic carbocycles. The largest absolute Gasteiger partial charge is 0.444 e. The molecule has 1 heterocycles. The number of guanidine groups is 1. The highest BCUT2D eigenvalue weighted by molar-refractivity contribution is 5.78. The number of rotatable bonds is 4. The first-order valence-corrected chi connectivity index (χ1v) is 8.17. The summed E-state index contributed by atoms with van der Waals surface area (Å²) in [5.74, 6) is 0.448. The number of piperidine rings is 1. The van der Waals surface area contributed by atoms with Gasteiger partial charge in [-0.2, -0.15) is 0 Å². The maximum absolute atomic E-state index is 12.1. The number of aliphatic imine (C=N–C) groups is 1. The van der Waals surface area contributed by atoms with Gasteiger partial charge in [0.15, 0.2) is 5.96 Å². The topological polar surface area (TPSA) is 80.0 Å². The van der Waals surface area contributed by atoms with Crippen LogP contribution in [0.5, 0.6) is 0 Å². The first-order chi connectivity index (χ1) is 10.5. The molecule has 1 rings (SSSR count). The van der Waals surface area contributed by atoms with E-state index in [1.54, 1.807) is 4.90 Å². The molecule has 0 atom stereocenters. The minimum atomic E-state index is -0.453. The van der Waals surface area contributed by atoms with Crippen LogP contribution in [0.3, 0.4) is 0 Å². The van der Waals surface area contributed by atoms with Crippen molar-refractivity contribution in [2.24, 2.45) is 16.1 Å². The number of nitrogens with one attached hydrogen (secondary N) is 1. The van der Waals surface area contributed by atoms with E-state index in [-0.39, 0.29) is 11.5 Å². The Labute approximate surface area is 140 Å². The highest BCUT2D eigenvalue weighted by Crippen LogP contribution is 2.31. The molecular formula is C17H32N4O2. The Hall–Kier alpha value is -1.72. The van der Waals surface area contributed by atoms with Crippen molar-refractivity contribution in [3.63, 3.8) is 0 Å². The molecule has 0 saturated carbocycles. The zero-order valence-corrected chi connectivity index (χ0v) is 15.2. The predicted molar refractivity (Wildman–Crippen MR) is 94.5 cm³/mol. The van der Waals surface area contributed by atoms with Gasteiger partial charge < -0.3 is 20.7 Å². The van der Waals surface area contributed by atoms with Gasteiger partial charge in [-0.25, -0.2) is 4.79 Å². The highest BCUT2D eigenvalue weighted by atomic mass is 16.6. The van der Waals surface area contributed by atoms with E-state index >= 15 is 0 Å². The summed E-state index contributed by atoms with van der Waals surface area (Å²) in [6.45, 7) is 16.3. The van der Waals surface area contributed by atoms with Crippen LogP contribution in [0.2, 0.25) is 0 Å². The van der Waals surface area contributed by atoms with Crippen LogP contribution in [0.4, 0.5) is 4.79 Å². The van der Waals surface area contributed by atoms with E-state index in [1.807, 2.05) is 27.7 Å². The third kappa shape index (κ3) is 7.39. The molecular weight excluding hydrogens is 292 g/mol. The summed E-state index contributed by atoms with van der Waals surface area (Å²) in [6, 6.07) is 0. The molecule has 0 aromatic heterocycles. The van der Waals surface area contributed by atoms with Gasteiger partial charge in [-0.15, -0.1) is 0 Å². The van der Waals surface area contributed by atoms with Crippen LogP contribution in [0.15, 0.2) is 17.1 Å². The van der Waals surface area contributed by atoms with Crippen LogP contribution < -0.4 is 11.1 Å². The van der Waals surface area contributed by atoms with E-state index in [1.165, 1.54) is 0 Å². The van der Waals surface area contributed by atoms with E-state index in [0.717, 1.165) is 18.4 Å². The van der Waals surface area contributed by atoms with Gasteiger partial charge in [0.25, 0.3) is 0 Å². The van der Waals surface area contributed by atoms with Gasteiger partial charge in [0.05, 0.1) is 0 Å². The third-order valence-corrected chi connectivity index (χ3v) is 3.82. The molecule has 1 amide bonds. The standard InChI is InChI=1S/C17H32N4O2/c1-13(2)11-19-14(18)20-12-17(6)7-9-21(10-8-17)15(22)23-16(3,4)5/h1,7-12H2,2-6H3,(H3,18,19,20). The number of carbonyl (C=O) groups excluding carboxylic acids is 1. The third-order valence-electron chi connectivity index (χ3n) is 3.82. The van der Waals surface area contributed by atoms with Crippen molar-refractivity contribution in [1.82, 2.24) is 10.2 Å². The monoisotopic (exact) mass is 324 g/mol. The fourth-order valence-electron chi connectivity index (χ4n) is 2.29. The number of hydrogen-bond acceptors (Lipinski definition) is 3. The van der Waals surface area contributed by atoms with Crippen LogP contribution >= 0.6 is 0 Å². The van der Waals surface area contributed by atoms with E-state index in [4.69, 9.17) is 10.5 Å². The minimum Gasteiger partial charge on any atom is -0.444 e. The SMILES string of the molecule is C=C(C)CNC(N)=NCC1(C)CCN(C(=O)OC(C)(C)C)CC1. The second-order valence-corrected chi connectivity index (χ2v) is 7.79. The lowest BCUT2D eigenvalue weighted by Crippen LogP contribution is -2.45. The van der Waals surface area contributed by atoms with Crippen molar-refractivity contribution in [3.8, 4) is 0 Å². The predicted octanol–water partition coefficient (Wildman–Crippen LogP) is 2.50. The van der Waals surface area contributed by atoms with Gasteiger partial charge in [-0.3, -0.25) is 4.99 Å². The summed E-state index contributed by atoms with van der Waals surface area (Å²) in [5, 5.41) is 3.04. The molecule has 132 valence electrons. The molecule has 3 N–H and O–H groups in total. The van der Waals surface area contributed by atoms with E-state index in [9.17, 15) is 4.79 Å². The van der Waals surface area contributed by atoms with Crippen LogP contribution in [-0.2, 0) is 4.74 Å². The lowest BCUT2D eigenvalue weighted by molar-refractivity contribution is 0.0127. The minimum absolute atomic E-state index is 0.0635. The second kappa shape index (κ2) is 7.70. The molecule has 1 aliphatic rings. The molecule has 0 aromatic carbocycles. The number of nitrogens with zero attached hydrogens (tertiary/aromatic N) is 2. The summed E-state index contributed by atoms with van der Waals surface area (Å²) in [5.41, 5.74) is 6.48. The van der Waals surface area contributed by atoms with E-state index < -0.39 is 5.60 Å². The van der Waals surface area contributed by atoms with Crippen molar-refractivity contribution < 1.29 is 9.53 Å². The molecule has 0 unspecified atom stereocenters. The Kier molecular flexibility index (Phi) is 6.47. The Bertz CT molecular complexity index is 458. The maximum Gasteiger partial charge on any atom is 0.410 e. The Morgan fingerprint density at radius 3 is 2.43 bits per heavy atom. The van der Waals surface area contributed by atoms with Gasteiger partial charge in [0.2, 0.25) is 0 Å². The fraction of sp³-hybridized carbons (Fsp3) is 0.765. The average molecular weight is 324 g/mol. The lowest BCUT2D eigenvalue weighted by Gasteiger charge is -2.38. The summed E-state index contributed by atoms with van der Waals surface area (Å²) >= 11 is 0. The van der Waals surface area contributed by atoms with Gasteiger partial charge in [0.1, 0.15) is 5.60 Å². The highest BCUT2D eigenvalue weighted by Gasteiger charge is 2.33. The molecule has 0 bridgehead atoms. The van der Waals surface area contributed by atoms with Gasteiger partial charge in [-0.05, 0) is 46.0 Å². The summed E-state index contributed by atoms with van der Waals surface area (Å²) in [6.07, 6.45) is 1.55. The van der Waals surface area contributed by atoms with Crippen molar-refractivity contribution in [2.75, 3.05) is 26.2 Å². The first kappa shape index (κ1) is 19.3. The first-order valence-electron chi connectivity index (χ1n) is 8.17.